The normalized spacial score (nSPS) is 31.4. The predicted molar refractivity (Wildman–Crippen MR) is 84.0 cm³/mol. The van der Waals surface area contributed by atoms with Crippen molar-refractivity contribution in [2.24, 2.45) is 5.92 Å². The van der Waals surface area contributed by atoms with E-state index in [4.69, 9.17) is 4.74 Å². The van der Waals surface area contributed by atoms with E-state index in [-0.39, 0.29) is 17.6 Å². The number of hydrogen-bond donors (Lipinski definition) is 1. The van der Waals surface area contributed by atoms with Gasteiger partial charge in [-0.15, -0.1) is 0 Å². The zero-order valence-corrected chi connectivity index (χ0v) is 14.0. The third-order valence-corrected chi connectivity index (χ3v) is 4.76. The molecule has 0 radical (unpaired) electrons. The summed E-state index contributed by atoms with van der Waals surface area (Å²) in [5.74, 6) is 0.851. The first-order chi connectivity index (χ1) is 9.96. The number of hydrogen-bond acceptors (Lipinski definition) is 4. The van der Waals surface area contributed by atoms with Crippen molar-refractivity contribution in [3.63, 3.8) is 0 Å². The number of ether oxygens (including phenoxy) is 1. The van der Waals surface area contributed by atoms with Crippen LogP contribution < -0.4 is 5.32 Å². The molecule has 2 fully saturated rings. The number of carbonyl (C=O) groups is 1. The lowest BCUT2D eigenvalue weighted by Crippen LogP contribution is -2.45. The number of morpholine rings is 1. The number of nitrogens with zero attached hydrogens (tertiary/aromatic N) is 2. The molecular weight excluding hydrogens is 266 g/mol. The predicted octanol–water partition coefficient (Wildman–Crippen LogP) is 1.29. The van der Waals surface area contributed by atoms with E-state index in [0.717, 1.165) is 52.2 Å². The van der Waals surface area contributed by atoms with Crippen LogP contribution in [0.1, 0.15) is 40.5 Å². The number of nitrogens with one attached hydrogen (secondary N) is 1. The van der Waals surface area contributed by atoms with Crippen molar-refractivity contribution in [3.05, 3.63) is 0 Å². The van der Waals surface area contributed by atoms with Crippen LogP contribution in [0.3, 0.4) is 0 Å². The molecule has 1 N–H and O–H groups in total. The van der Waals surface area contributed by atoms with Gasteiger partial charge in [-0.1, -0.05) is 20.8 Å². The van der Waals surface area contributed by atoms with E-state index in [1.54, 1.807) is 0 Å². The summed E-state index contributed by atoms with van der Waals surface area (Å²) in [5, 5.41) is 3.57. The molecule has 2 aliphatic rings. The summed E-state index contributed by atoms with van der Waals surface area (Å²) in [7, 11) is 0. The fourth-order valence-electron chi connectivity index (χ4n) is 3.18. The zero-order chi connectivity index (χ0) is 15.5. The van der Waals surface area contributed by atoms with E-state index in [2.05, 4.69) is 35.9 Å². The van der Waals surface area contributed by atoms with Crippen molar-refractivity contribution in [1.29, 1.82) is 0 Å². The Labute approximate surface area is 129 Å². The van der Waals surface area contributed by atoms with Gasteiger partial charge in [0.25, 0.3) is 0 Å². The molecule has 5 nitrogen and oxygen atoms in total. The van der Waals surface area contributed by atoms with Gasteiger partial charge in [-0.05, 0) is 25.7 Å². The van der Waals surface area contributed by atoms with E-state index in [9.17, 15) is 4.79 Å². The Morgan fingerprint density at radius 2 is 2.00 bits per heavy atom. The van der Waals surface area contributed by atoms with Crippen molar-refractivity contribution < 1.29 is 9.53 Å². The molecule has 0 bridgehead atoms. The lowest BCUT2D eigenvalue weighted by Gasteiger charge is -2.31. The van der Waals surface area contributed by atoms with Crippen LogP contribution in [0, 0.1) is 5.92 Å². The van der Waals surface area contributed by atoms with Crippen LogP contribution in [-0.4, -0.2) is 66.8 Å². The Morgan fingerprint density at radius 1 is 1.33 bits per heavy atom. The van der Waals surface area contributed by atoms with Crippen LogP contribution in [-0.2, 0) is 9.53 Å². The van der Waals surface area contributed by atoms with Crippen LogP contribution in [0.25, 0.3) is 0 Å². The molecular formula is C16H31N3O2. The molecule has 2 rings (SSSR count). The van der Waals surface area contributed by atoms with E-state index >= 15 is 0 Å². The van der Waals surface area contributed by atoms with E-state index in [1.165, 1.54) is 0 Å². The van der Waals surface area contributed by atoms with Crippen LogP contribution >= 0.6 is 0 Å². The molecule has 0 aromatic heterocycles. The van der Waals surface area contributed by atoms with Crippen LogP contribution in [0.5, 0.6) is 0 Å². The molecule has 1 amide bonds. The molecule has 21 heavy (non-hydrogen) atoms. The van der Waals surface area contributed by atoms with Crippen molar-refractivity contribution >= 4 is 5.91 Å². The maximum atomic E-state index is 12.7. The van der Waals surface area contributed by atoms with Crippen molar-refractivity contribution in [1.82, 2.24) is 15.1 Å². The second-order valence-corrected chi connectivity index (χ2v) is 6.93. The van der Waals surface area contributed by atoms with Gasteiger partial charge in [0.05, 0.1) is 24.9 Å². The zero-order valence-electron chi connectivity index (χ0n) is 14.0. The Morgan fingerprint density at radius 3 is 2.57 bits per heavy atom. The molecule has 2 aliphatic heterocycles. The average molecular weight is 297 g/mol. The highest BCUT2D eigenvalue weighted by molar-refractivity contribution is 5.88. The summed E-state index contributed by atoms with van der Waals surface area (Å²) in [5.41, 5.74) is -0.384. The molecule has 2 unspecified atom stereocenters. The Balaban J connectivity index is 1.97. The van der Waals surface area contributed by atoms with Gasteiger partial charge >= 0.3 is 0 Å². The Kier molecular flexibility index (Phi) is 5.63. The van der Waals surface area contributed by atoms with Gasteiger partial charge in [-0.2, -0.15) is 0 Å². The molecule has 2 atom stereocenters. The molecule has 0 saturated carbocycles. The maximum absolute atomic E-state index is 12.7. The monoisotopic (exact) mass is 297 g/mol. The van der Waals surface area contributed by atoms with Gasteiger partial charge in [0.1, 0.15) is 0 Å². The summed E-state index contributed by atoms with van der Waals surface area (Å²) in [6, 6.07) is 0. The topological polar surface area (TPSA) is 44.8 Å². The standard InChI is InChI=1S/C16H31N3O2/c1-5-16(4)15(20)19(14(17-16)12-13(2)3)7-6-18-8-10-21-11-9-18/h13-14,17H,5-12H2,1-4H3. The fourth-order valence-corrected chi connectivity index (χ4v) is 3.18. The summed E-state index contributed by atoms with van der Waals surface area (Å²) in [4.78, 5) is 17.2. The van der Waals surface area contributed by atoms with Gasteiger partial charge in [-0.25, -0.2) is 0 Å². The third-order valence-electron chi connectivity index (χ3n) is 4.76. The molecule has 0 aromatic rings. The minimum Gasteiger partial charge on any atom is -0.379 e. The number of rotatable bonds is 6. The van der Waals surface area contributed by atoms with E-state index in [0.29, 0.717) is 5.92 Å². The first-order valence-electron chi connectivity index (χ1n) is 8.35. The first-order valence-corrected chi connectivity index (χ1v) is 8.35. The van der Waals surface area contributed by atoms with Gasteiger partial charge in [0.2, 0.25) is 5.91 Å². The summed E-state index contributed by atoms with van der Waals surface area (Å²) < 4.78 is 5.38. The van der Waals surface area contributed by atoms with E-state index in [1.807, 2.05) is 6.92 Å². The van der Waals surface area contributed by atoms with Gasteiger partial charge in [-0.3, -0.25) is 15.0 Å². The minimum absolute atomic E-state index is 0.184. The second-order valence-electron chi connectivity index (χ2n) is 6.93. The average Bonchev–Trinajstić information content (AvgIpc) is 2.69. The minimum atomic E-state index is -0.384. The maximum Gasteiger partial charge on any atom is 0.243 e. The summed E-state index contributed by atoms with van der Waals surface area (Å²) >= 11 is 0. The fraction of sp³-hybridized carbons (Fsp3) is 0.938. The molecule has 0 spiro atoms. The quantitative estimate of drug-likeness (QED) is 0.802. The first kappa shape index (κ1) is 16.7. The number of carbonyl (C=O) groups excluding carboxylic acids is 1. The van der Waals surface area contributed by atoms with Crippen molar-refractivity contribution in [3.8, 4) is 0 Å². The lowest BCUT2D eigenvalue weighted by molar-refractivity contribution is -0.133. The Hall–Kier alpha value is -0.650. The van der Waals surface area contributed by atoms with Gasteiger partial charge in [0.15, 0.2) is 0 Å². The highest BCUT2D eigenvalue weighted by Crippen LogP contribution is 2.26. The van der Waals surface area contributed by atoms with Crippen LogP contribution in [0.15, 0.2) is 0 Å². The van der Waals surface area contributed by atoms with Gasteiger partial charge in [0, 0.05) is 26.2 Å². The van der Waals surface area contributed by atoms with Crippen LogP contribution in [0.4, 0.5) is 0 Å². The van der Waals surface area contributed by atoms with Crippen LogP contribution in [0.2, 0.25) is 0 Å². The highest BCUT2D eigenvalue weighted by atomic mass is 16.5. The van der Waals surface area contributed by atoms with Crippen molar-refractivity contribution in [2.45, 2.75) is 52.2 Å². The number of amides is 1. The second kappa shape index (κ2) is 7.07. The molecule has 2 saturated heterocycles. The third kappa shape index (κ3) is 3.96. The SMILES string of the molecule is CCC1(C)NC(CC(C)C)N(CCN2CCOCC2)C1=O. The molecule has 5 heteroatoms. The molecule has 2 heterocycles. The van der Waals surface area contributed by atoms with E-state index < -0.39 is 0 Å². The summed E-state index contributed by atoms with van der Waals surface area (Å²) in [6.45, 7) is 13.9. The largest absolute Gasteiger partial charge is 0.379 e. The lowest BCUT2D eigenvalue weighted by atomic mass is 9.99. The molecule has 0 aromatic carbocycles. The van der Waals surface area contributed by atoms with Crippen molar-refractivity contribution in [2.75, 3.05) is 39.4 Å². The highest BCUT2D eigenvalue weighted by Gasteiger charge is 2.46. The molecule has 0 aliphatic carbocycles. The Bertz CT molecular complexity index is 355. The molecule has 122 valence electrons. The summed E-state index contributed by atoms with van der Waals surface area (Å²) in [6.07, 6.45) is 2.04. The smallest absolute Gasteiger partial charge is 0.243 e. The van der Waals surface area contributed by atoms with Gasteiger partial charge < -0.3 is 9.64 Å².